The third-order valence-electron chi connectivity index (χ3n) is 1.22. The van der Waals surface area contributed by atoms with Crippen LogP contribution in [-0.2, 0) is 6.42 Å². The maximum atomic E-state index is 3.66. The summed E-state index contributed by atoms with van der Waals surface area (Å²) in [5.74, 6) is 0. The molecule has 0 aliphatic rings. The Bertz CT molecular complexity index is 174. The van der Waals surface area contributed by atoms with Crippen molar-refractivity contribution in [1.82, 2.24) is 0 Å². The Balaban J connectivity index is 2.72. The maximum absolute atomic E-state index is 3.66. The van der Waals surface area contributed by atoms with Gasteiger partial charge in [-0.15, -0.1) is 6.58 Å². The van der Waals surface area contributed by atoms with Crippen molar-refractivity contribution in [2.24, 2.45) is 0 Å². The third kappa shape index (κ3) is 1.73. The summed E-state index contributed by atoms with van der Waals surface area (Å²) in [5, 5.41) is 0. The molecular weight excluding hydrogens is 109 g/mol. The van der Waals surface area contributed by atoms with Crippen LogP contribution in [0.25, 0.3) is 0 Å². The fraction of sp³-hybridized carbons (Fsp3) is 0.111. The average molecular weight is 119 g/mol. The van der Waals surface area contributed by atoms with Crippen molar-refractivity contribution in [3.8, 4) is 0 Å². The predicted octanol–water partition coefficient (Wildman–Crippen LogP) is 2.42. The van der Waals surface area contributed by atoms with E-state index in [0.29, 0.717) is 0 Å². The molecule has 46 valence electrons. The highest BCUT2D eigenvalue weighted by Gasteiger charge is 1.82. The van der Waals surface area contributed by atoms with Gasteiger partial charge in [0, 0.05) is 0 Å². The van der Waals surface area contributed by atoms with Gasteiger partial charge in [0.1, 0.15) is 0 Å². The van der Waals surface area contributed by atoms with Crippen molar-refractivity contribution in [3.63, 3.8) is 0 Å². The van der Waals surface area contributed by atoms with Crippen LogP contribution in [0.4, 0.5) is 0 Å². The van der Waals surface area contributed by atoms with Crippen molar-refractivity contribution in [2.45, 2.75) is 6.42 Å². The SMILES string of the molecule is C=C[13CH2]c1ccccc1. The Morgan fingerprint density at radius 3 is 2.44 bits per heavy atom. The molecule has 0 aliphatic heterocycles. The molecule has 1 aromatic rings. The van der Waals surface area contributed by atoms with E-state index in [9.17, 15) is 0 Å². The first-order chi connectivity index (χ1) is 4.43. The lowest BCUT2D eigenvalue weighted by molar-refractivity contribution is 1.28. The molecule has 0 fully saturated rings. The van der Waals surface area contributed by atoms with Crippen LogP contribution in [0.3, 0.4) is 0 Å². The first kappa shape index (κ1) is 6.09. The summed E-state index contributed by atoms with van der Waals surface area (Å²) >= 11 is 0. The van der Waals surface area contributed by atoms with Gasteiger partial charge in [-0.1, -0.05) is 36.4 Å². The van der Waals surface area contributed by atoms with Gasteiger partial charge in [-0.3, -0.25) is 0 Å². The van der Waals surface area contributed by atoms with E-state index in [0.717, 1.165) is 6.42 Å². The highest BCUT2D eigenvalue weighted by atomic mass is 14.2. The van der Waals surface area contributed by atoms with Crippen molar-refractivity contribution in [1.29, 1.82) is 0 Å². The van der Waals surface area contributed by atoms with E-state index < -0.39 is 0 Å². The summed E-state index contributed by atoms with van der Waals surface area (Å²) in [6.45, 7) is 3.66. The fourth-order valence-corrected chi connectivity index (χ4v) is 0.781. The third-order valence-corrected chi connectivity index (χ3v) is 1.22. The molecule has 0 heterocycles. The molecule has 0 aliphatic carbocycles. The lowest BCUT2D eigenvalue weighted by atomic mass is 10.3. The lowest BCUT2D eigenvalue weighted by Gasteiger charge is -1.91. The molecule has 1 aromatic carbocycles. The van der Waals surface area contributed by atoms with Gasteiger partial charge in [-0.05, 0) is 12.0 Å². The maximum Gasteiger partial charge on any atom is -0.0100 e. The van der Waals surface area contributed by atoms with Gasteiger partial charge >= 0.3 is 0 Å². The van der Waals surface area contributed by atoms with E-state index in [-0.39, 0.29) is 0 Å². The first-order valence-electron chi connectivity index (χ1n) is 3.08. The summed E-state index contributed by atoms with van der Waals surface area (Å²) < 4.78 is 0. The average Bonchev–Trinajstić information content (AvgIpc) is 1.91. The van der Waals surface area contributed by atoms with Crippen molar-refractivity contribution in [2.75, 3.05) is 0 Å². The Labute approximate surface area is 55.8 Å². The minimum absolute atomic E-state index is 0.973. The summed E-state index contributed by atoms with van der Waals surface area (Å²) in [4.78, 5) is 0. The smallest absolute Gasteiger partial charge is 0.0100 e. The second-order valence-electron chi connectivity index (χ2n) is 1.98. The molecule has 0 amide bonds. The number of rotatable bonds is 2. The zero-order valence-electron chi connectivity index (χ0n) is 5.38. The molecule has 0 bridgehead atoms. The number of hydrogen-bond acceptors (Lipinski definition) is 0. The molecule has 0 atom stereocenters. The molecule has 0 spiro atoms. The van der Waals surface area contributed by atoms with Crippen molar-refractivity contribution in [3.05, 3.63) is 48.6 Å². The zero-order valence-corrected chi connectivity index (χ0v) is 5.38. The Kier molecular flexibility index (Phi) is 2.08. The van der Waals surface area contributed by atoms with Crippen LogP contribution >= 0.6 is 0 Å². The second-order valence-corrected chi connectivity index (χ2v) is 1.98. The Morgan fingerprint density at radius 1 is 1.22 bits per heavy atom. The van der Waals surface area contributed by atoms with Gasteiger partial charge in [0.15, 0.2) is 0 Å². The zero-order chi connectivity index (χ0) is 6.53. The van der Waals surface area contributed by atoms with Gasteiger partial charge in [-0.25, -0.2) is 0 Å². The van der Waals surface area contributed by atoms with Crippen molar-refractivity contribution >= 4 is 0 Å². The highest BCUT2D eigenvalue weighted by Crippen LogP contribution is 1.98. The molecular formula is C9H10. The lowest BCUT2D eigenvalue weighted by Crippen LogP contribution is -1.75. The molecule has 0 radical (unpaired) electrons. The Hall–Kier alpha value is -1.04. The molecule has 0 saturated carbocycles. The van der Waals surface area contributed by atoms with Crippen LogP contribution in [0.1, 0.15) is 5.56 Å². The molecule has 0 nitrogen and oxygen atoms in total. The molecule has 0 heteroatoms. The van der Waals surface area contributed by atoms with Gasteiger partial charge in [0.25, 0.3) is 0 Å². The van der Waals surface area contributed by atoms with Crippen LogP contribution in [0.15, 0.2) is 43.0 Å². The largest absolute Gasteiger partial charge is 0.103 e. The second kappa shape index (κ2) is 3.08. The minimum atomic E-state index is 0.973. The standard InChI is InChI=1S/C9H10/c1-2-6-9-7-4-3-5-8-9/h2-5,7-8H,1,6H2/i6+1. The normalized spacial score (nSPS) is 8.89. The summed E-state index contributed by atoms with van der Waals surface area (Å²) in [5.41, 5.74) is 1.33. The van der Waals surface area contributed by atoms with Crippen molar-refractivity contribution < 1.29 is 0 Å². The van der Waals surface area contributed by atoms with E-state index in [2.05, 4.69) is 18.7 Å². The molecule has 1 rings (SSSR count). The van der Waals surface area contributed by atoms with Crippen LogP contribution in [0.2, 0.25) is 0 Å². The van der Waals surface area contributed by atoms with Crippen LogP contribution in [-0.4, -0.2) is 0 Å². The van der Waals surface area contributed by atoms with Crippen LogP contribution in [0.5, 0.6) is 0 Å². The Morgan fingerprint density at radius 2 is 1.89 bits per heavy atom. The molecule has 0 saturated heterocycles. The summed E-state index contributed by atoms with van der Waals surface area (Å²) in [7, 11) is 0. The molecule has 0 N–H and O–H groups in total. The van der Waals surface area contributed by atoms with E-state index >= 15 is 0 Å². The summed E-state index contributed by atoms with van der Waals surface area (Å²) in [6.07, 6.45) is 2.89. The first-order valence-corrected chi connectivity index (χ1v) is 3.08. The quantitative estimate of drug-likeness (QED) is 0.414. The van der Waals surface area contributed by atoms with Gasteiger partial charge in [-0.2, -0.15) is 0 Å². The van der Waals surface area contributed by atoms with Gasteiger partial charge in [0.2, 0.25) is 0 Å². The number of allylic oxidation sites excluding steroid dienone is 1. The van der Waals surface area contributed by atoms with E-state index in [1.807, 2.05) is 24.3 Å². The van der Waals surface area contributed by atoms with E-state index in [4.69, 9.17) is 0 Å². The van der Waals surface area contributed by atoms with Crippen LogP contribution < -0.4 is 0 Å². The van der Waals surface area contributed by atoms with E-state index in [1.54, 1.807) is 0 Å². The van der Waals surface area contributed by atoms with Gasteiger partial charge < -0.3 is 0 Å². The topological polar surface area (TPSA) is 0 Å². The molecule has 9 heavy (non-hydrogen) atoms. The fourth-order valence-electron chi connectivity index (χ4n) is 0.781. The predicted molar refractivity (Wildman–Crippen MR) is 40.3 cm³/mol. The molecule has 0 aromatic heterocycles. The van der Waals surface area contributed by atoms with Gasteiger partial charge in [0.05, 0.1) is 0 Å². The monoisotopic (exact) mass is 119 g/mol. The number of benzene rings is 1. The van der Waals surface area contributed by atoms with E-state index in [1.165, 1.54) is 5.56 Å². The minimum Gasteiger partial charge on any atom is -0.103 e. The number of hydrogen-bond donors (Lipinski definition) is 0. The molecule has 0 unspecified atom stereocenters. The summed E-state index contributed by atoms with van der Waals surface area (Å²) in [6, 6.07) is 10.3. The highest BCUT2D eigenvalue weighted by molar-refractivity contribution is 5.16. The van der Waals surface area contributed by atoms with Crippen LogP contribution in [0, 0.1) is 0 Å².